The summed E-state index contributed by atoms with van der Waals surface area (Å²) in [6, 6.07) is 16.6. The summed E-state index contributed by atoms with van der Waals surface area (Å²) in [5.41, 5.74) is 2.26. The normalized spacial score (nSPS) is 17.2. The van der Waals surface area contributed by atoms with Crippen LogP contribution >= 0.6 is 0 Å². The van der Waals surface area contributed by atoms with Crippen LogP contribution in [0.3, 0.4) is 0 Å². The number of aryl methyl sites for hydroxylation is 1. The van der Waals surface area contributed by atoms with Gasteiger partial charge in [-0.25, -0.2) is 4.39 Å². The number of carbonyl (C=O) groups is 2. The highest BCUT2D eigenvalue weighted by atomic mass is 19.1. The monoisotopic (exact) mass is 461 g/mol. The lowest BCUT2D eigenvalue weighted by Crippen LogP contribution is -2.29. The van der Waals surface area contributed by atoms with Gasteiger partial charge in [-0.3, -0.25) is 14.5 Å². The van der Waals surface area contributed by atoms with Crippen molar-refractivity contribution in [1.82, 2.24) is 0 Å². The number of anilines is 1. The number of methoxy groups -OCH3 is 2. The fourth-order valence-corrected chi connectivity index (χ4v) is 4.04. The van der Waals surface area contributed by atoms with Crippen molar-refractivity contribution in [3.63, 3.8) is 0 Å². The van der Waals surface area contributed by atoms with Crippen LogP contribution in [-0.4, -0.2) is 31.0 Å². The quantitative estimate of drug-likeness (QED) is 0.317. The fourth-order valence-electron chi connectivity index (χ4n) is 4.04. The van der Waals surface area contributed by atoms with E-state index in [4.69, 9.17) is 9.47 Å². The molecule has 7 heteroatoms. The van der Waals surface area contributed by atoms with Crippen LogP contribution in [-0.2, 0) is 16.0 Å². The summed E-state index contributed by atoms with van der Waals surface area (Å²) in [5, 5.41) is 11.1. The van der Waals surface area contributed by atoms with E-state index in [2.05, 4.69) is 0 Å². The summed E-state index contributed by atoms with van der Waals surface area (Å²) in [4.78, 5) is 27.9. The Morgan fingerprint density at radius 3 is 2.06 bits per heavy atom. The standard InChI is InChI=1S/C27H24FNO5/c1-4-16-5-7-17(8-6-16)24-23(25(30)18-9-11-19(28)12-10-18)26(31)27(32)29(24)20-13-21(33-2)15-22(14-20)34-3/h5-15,24,30H,4H2,1-3H3/b25-23+. The zero-order valence-corrected chi connectivity index (χ0v) is 19.0. The van der Waals surface area contributed by atoms with Gasteiger partial charge in [0, 0.05) is 23.8 Å². The summed E-state index contributed by atoms with van der Waals surface area (Å²) >= 11 is 0. The highest BCUT2D eigenvalue weighted by molar-refractivity contribution is 6.51. The molecule has 1 heterocycles. The number of hydrogen-bond donors (Lipinski definition) is 1. The Hall–Kier alpha value is -4.13. The van der Waals surface area contributed by atoms with Gasteiger partial charge in [0.1, 0.15) is 23.1 Å². The second kappa shape index (κ2) is 9.39. The molecular formula is C27H24FNO5. The summed E-state index contributed by atoms with van der Waals surface area (Å²) in [6.07, 6.45) is 0.823. The van der Waals surface area contributed by atoms with Crippen LogP contribution < -0.4 is 14.4 Å². The smallest absolute Gasteiger partial charge is 0.300 e. The molecule has 1 N–H and O–H groups in total. The van der Waals surface area contributed by atoms with Crippen LogP contribution in [0.25, 0.3) is 5.76 Å². The van der Waals surface area contributed by atoms with Crippen molar-refractivity contribution >= 4 is 23.1 Å². The molecule has 1 unspecified atom stereocenters. The fraction of sp³-hybridized carbons (Fsp3) is 0.185. The molecule has 1 aliphatic rings. The van der Waals surface area contributed by atoms with Crippen LogP contribution in [0.5, 0.6) is 11.5 Å². The second-order valence-corrected chi connectivity index (χ2v) is 7.84. The lowest BCUT2D eigenvalue weighted by Gasteiger charge is -2.26. The molecule has 1 atom stereocenters. The number of carbonyl (C=O) groups excluding carboxylic acids is 2. The zero-order valence-electron chi connectivity index (χ0n) is 19.0. The van der Waals surface area contributed by atoms with Crippen LogP contribution in [0, 0.1) is 5.82 Å². The first-order chi connectivity index (χ1) is 16.4. The Morgan fingerprint density at radius 1 is 0.941 bits per heavy atom. The van der Waals surface area contributed by atoms with Gasteiger partial charge in [0.2, 0.25) is 0 Å². The lowest BCUT2D eigenvalue weighted by molar-refractivity contribution is -0.132. The predicted octanol–water partition coefficient (Wildman–Crippen LogP) is 5.03. The number of nitrogens with zero attached hydrogens (tertiary/aromatic N) is 1. The molecule has 34 heavy (non-hydrogen) atoms. The van der Waals surface area contributed by atoms with E-state index in [0.29, 0.717) is 22.7 Å². The Bertz CT molecular complexity index is 1240. The largest absolute Gasteiger partial charge is 0.507 e. The average molecular weight is 461 g/mol. The van der Waals surface area contributed by atoms with Crippen molar-refractivity contribution in [2.45, 2.75) is 19.4 Å². The second-order valence-electron chi connectivity index (χ2n) is 7.84. The summed E-state index contributed by atoms with van der Waals surface area (Å²) in [5.74, 6) is -1.62. The molecule has 4 rings (SSSR count). The van der Waals surface area contributed by atoms with Crippen molar-refractivity contribution < 1.29 is 28.6 Å². The minimum Gasteiger partial charge on any atom is -0.507 e. The third-order valence-corrected chi connectivity index (χ3v) is 5.88. The highest BCUT2D eigenvalue weighted by Gasteiger charge is 2.47. The van der Waals surface area contributed by atoms with E-state index in [-0.39, 0.29) is 16.9 Å². The molecule has 1 fully saturated rings. The van der Waals surface area contributed by atoms with E-state index >= 15 is 0 Å². The van der Waals surface area contributed by atoms with Crippen molar-refractivity contribution in [3.8, 4) is 11.5 Å². The van der Waals surface area contributed by atoms with Gasteiger partial charge in [-0.15, -0.1) is 0 Å². The van der Waals surface area contributed by atoms with Crippen LogP contribution in [0.1, 0.15) is 29.7 Å². The maximum Gasteiger partial charge on any atom is 0.300 e. The summed E-state index contributed by atoms with van der Waals surface area (Å²) in [7, 11) is 2.98. The van der Waals surface area contributed by atoms with E-state index in [0.717, 1.165) is 12.0 Å². The minimum absolute atomic E-state index is 0.0809. The molecular weight excluding hydrogens is 437 g/mol. The van der Waals surface area contributed by atoms with Crippen molar-refractivity contribution in [1.29, 1.82) is 0 Å². The molecule has 3 aromatic rings. The van der Waals surface area contributed by atoms with Crippen molar-refractivity contribution in [3.05, 3.63) is 94.8 Å². The molecule has 6 nitrogen and oxygen atoms in total. The molecule has 3 aromatic carbocycles. The lowest BCUT2D eigenvalue weighted by atomic mass is 9.94. The Labute approximate surface area is 196 Å². The first-order valence-corrected chi connectivity index (χ1v) is 10.8. The zero-order chi connectivity index (χ0) is 24.4. The molecule has 0 radical (unpaired) electrons. The van der Waals surface area contributed by atoms with E-state index < -0.39 is 23.5 Å². The third kappa shape index (κ3) is 4.12. The van der Waals surface area contributed by atoms with Gasteiger partial charge < -0.3 is 14.6 Å². The van der Waals surface area contributed by atoms with Crippen LogP contribution in [0.2, 0.25) is 0 Å². The third-order valence-electron chi connectivity index (χ3n) is 5.88. The van der Waals surface area contributed by atoms with Gasteiger partial charge >= 0.3 is 0 Å². The number of hydrogen-bond acceptors (Lipinski definition) is 5. The number of benzene rings is 3. The van der Waals surface area contributed by atoms with E-state index in [9.17, 15) is 19.1 Å². The molecule has 0 aromatic heterocycles. The number of amides is 1. The first-order valence-electron chi connectivity index (χ1n) is 10.8. The van der Waals surface area contributed by atoms with Gasteiger partial charge in [0.15, 0.2) is 0 Å². The molecule has 0 saturated carbocycles. The summed E-state index contributed by atoms with van der Waals surface area (Å²) in [6.45, 7) is 2.03. The summed E-state index contributed by atoms with van der Waals surface area (Å²) < 4.78 is 24.1. The Balaban J connectivity index is 1.95. The number of ketones is 1. The topological polar surface area (TPSA) is 76.1 Å². The minimum atomic E-state index is -0.909. The van der Waals surface area contributed by atoms with Crippen molar-refractivity contribution in [2.75, 3.05) is 19.1 Å². The van der Waals surface area contributed by atoms with Gasteiger partial charge in [-0.2, -0.15) is 0 Å². The van der Waals surface area contributed by atoms with Gasteiger partial charge in [0.05, 0.1) is 31.5 Å². The molecule has 1 saturated heterocycles. The van der Waals surface area contributed by atoms with Crippen molar-refractivity contribution in [2.24, 2.45) is 0 Å². The van der Waals surface area contributed by atoms with Gasteiger partial charge in [-0.1, -0.05) is 31.2 Å². The van der Waals surface area contributed by atoms with Gasteiger partial charge in [0.25, 0.3) is 11.7 Å². The van der Waals surface area contributed by atoms with Crippen LogP contribution in [0.15, 0.2) is 72.3 Å². The molecule has 174 valence electrons. The number of aliphatic hydroxyl groups is 1. The first kappa shape index (κ1) is 23.0. The number of Topliss-reactive ketones (excluding diaryl/α,β-unsaturated/α-hetero) is 1. The Kier molecular flexibility index (Phi) is 6.36. The number of ether oxygens (including phenoxy) is 2. The SMILES string of the molecule is CCc1ccc(C2/C(=C(\O)c3ccc(F)cc3)C(=O)C(=O)N2c2cc(OC)cc(OC)c2)cc1. The Morgan fingerprint density at radius 2 is 1.53 bits per heavy atom. The number of halogens is 1. The molecule has 1 aliphatic heterocycles. The number of aliphatic hydroxyl groups excluding tert-OH is 1. The predicted molar refractivity (Wildman–Crippen MR) is 127 cm³/mol. The molecule has 0 bridgehead atoms. The van der Waals surface area contributed by atoms with E-state index in [1.165, 1.54) is 43.4 Å². The number of rotatable bonds is 6. The highest BCUT2D eigenvalue weighted by Crippen LogP contribution is 2.44. The van der Waals surface area contributed by atoms with Crippen LogP contribution in [0.4, 0.5) is 10.1 Å². The maximum absolute atomic E-state index is 13.5. The van der Waals surface area contributed by atoms with E-state index in [1.807, 2.05) is 31.2 Å². The van der Waals surface area contributed by atoms with E-state index in [1.54, 1.807) is 18.2 Å². The molecule has 1 amide bonds. The maximum atomic E-state index is 13.5. The molecule has 0 spiro atoms. The van der Waals surface area contributed by atoms with Gasteiger partial charge in [-0.05, 0) is 41.8 Å². The molecule has 0 aliphatic carbocycles. The average Bonchev–Trinajstić information content (AvgIpc) is 3.14.